The molecule has 5 nitrogen and oxygen atoms in total. The topological polar surface area (TPSA) is 60.2 Å². The average Bonchev–Trinajstić information content (AvgIpc) is 2.82. The average molecular weight is 487 g/mol. The van der Waals surface area contributed by atoms with Crippen molar-refractivity contribution in [1.29, 1.82) is 5.26 Å². The molecule has 188 valence electrons. The number of carbonyl (C=O) groups excluding carboxylic acids is 1. The number of hydrogen-bond acceptors (Lipinski definition) is 5. The second-order valence-electron chi connectivity index (χ2n) is 10.4. The lowest BCUT2D eigenvalue weighted by Gasteiger charge is -2.40. The summed E-state index contributed by atoms with van der Waals surface area (Å²) in [5.41, 5.74) is 1.52. The van der Waals surface area contributed by atoms with E-state index in [0.717, 1.165) is 25.9 Å². The van der Waals surface area contributed by atoms with Crippen LogP contribution in [0.3, 0.4) is 0 Å². The number of aromatic nitrogens is 1. The molecule has 0 spiro atoms. The van der Waals surface area contributed by atoms with Gasteiger partial charge in [-0.15, -0.1) is 0 Å². The van der Waals surface area contributed by atoms with E-state index in [-0.39, 0.29) is 31.1 Å². The van der Waals surface area contributed by atoms with Gasteiger partial charge in [-0.25, -0.2) is 0 Å². The van der Waals surface area contributed by atoms with Crippen molar-refractivity contribution >= 4 is 22.4 Å². The Bertz CT molecular complexity index is 1090. The summed E-state index contributed by atoms with van der Waals surface area (Å²) in [6.07, 6.45) is -0.196. The molecular weight excluding hydrogens is 453 g/mol. The smallest absolute Gasteiger partial charge is 0.370 e. The lowest BCUT2D eigenvalue weighted by molar-refractivity contribution is -0.179. The molecule has 3 heterocycles. The number of nitriles is 1. The second kappa shape index (κ2) is 10.5. The molecule has 0 unspecified atom stereocenters. The molecule has 1 aromatic carbocycles. The number of anilines is 1. The minimum absolute atomic E-state index is 0.0238. The number of ketones is 1. The van der Waals surface area contributed by atoms with Crippen LogP contribution in [0.1, 0.15) is 51.5 Å². The Labute approximate surface area is 204 Å². The number of hydrogen-bond donors (Lipinski definition) is 0. The van der Waals surface area contributed by atoms with Crippen molar-refractivity contribution in [3.63, 3.8) is 0 Å². The number of carbonyl (C=O) groups is 1. The number of halogens is 3. The first-order valence-corrected chi connectivity index (χ1v) is 12.5. The normalized spacial score (nSPS) is 22.5. The maximum absolute atomic E-state index is 13.9. The van der Waals surface area contributed by atoms with Crippen LogP contribution in [0.2, 0.25) is 0 Å². The maximum atomic E-state index is 13.9. The molecule has 0 aliphatic carbocycles. The van der Waals surface area contributed by atoms with Crippen molar-refractivity contribution in [3.05, 3.63) is 36.0 Å². The van der Waals surface area contributed by atoms with Crippen LogP contribution in [-0.4, -0.2) is 54.1 Å². The van der Waals surface area contributed by atoms with Crippen LogP contribution in [0, 0.1) is 29.1 Å². The first kappa shape index (κ1) is 25.4. The zero-order valence-electron chi connectivity index (χ0n) is 20.4. The fourth-order valence-corrected chi connectivity index (χ4v) is 5.71. The van der Waals surface area contributed by atoms with Crippen molar-refractivity contribution in [2.75, 3.05) is 31.1 Å². The van der Waals surface area contributed by atoms with Gasteiger partial charge in [-0.05, 0) is 82.3 Å². The number of pyridine rings is 1. The number of nitrogens with zero attached hydrogens (tertiary/aromatic N) is 4. The van der Waals surface area contributed by atoms with E-state index < -0.39 is 12.1 Å². The first-order chi connectivity index (χ1) is 16.7. The second-order valence-corrected chi connectivity index (χ2v) is 10.4. The molecule has 2 aliphatic rings. The van der Waals surface area contributed by atoms with Gasteiger partial charge in [0, 0.05) is 49.2 Å². The molecule has 8 heteroatoms. The van der Waals surface area contributed by atoms with Crippen molar-refractivity contribution in [1.82, 2.24) is 9.88 Å². The predicted octanol–water partition coefficient (Wildman–Crippen LogP) is 5.58. The van der Waals surface area contributed by atoms with Crippen LogP contribution in [0.5, 0.6) is 0 Å². The third kappa shape index (κ3) is 5.95. The monoisotopic (exact) mass is 486 g/mol. The zero-order valence-corrected chi connectivity index (χ0v) is 20.4. The molecular formula is C27H33F3N4O. The molecule has 0 amide bonds. The van der Waals surface area contributed by atoms with Crippen LogP contribution < -0.4 is 4.90 Å². The van der Waals surface area contributed by atoms with Crippen molar-refractivity contribution in [2.45, 2.75) is 58.2 Å². The number of piperidine rings is 2. The predicted molar refractivity (Wildman–Crippen MR) is 130 cm³/mol. The Hall–Kier alpha value is -2.66. The van der Waals surface area contributed by atoms with Crippen LogP contribution in [-0.2, 0) is 4.79 Å². The van der Waals surface area contributed by atoms with Crippen LogP contribution >= 0.6 is 0 Å². The Morgan fingerprint density at radius 3 is 2.51 bits per heavy atom. The van der Waals surface area contributed by atoms with Gasteiger partial charge in [-0.1, -0.05) is 0 Å². The highest BCUT2D eigenvalue weighted by Crippen LogP contribution is 2.40. The van der Waals surface area contributed by atoms with E-state index in [9.17, 15) is 23.2 Å². The number of Topliss-reactive ketones (excluding diaryl/α,β-unsaturated/α-hetero) is 1. The lowest BCUT2D eigenvalue weighted by Crippen LogP contribution is -2.46. The third-order valence-corrected chi connectivity index (χ3v) is 7.62. The molecule has 2 aromatic rings. The van der Waals surface area contributed by atoms with Crippen molar-refractivity contribution in [2.24, 2.45) is 17.8 Å². The van der Waals surface area contributed by atoms with Gasteiger partial charge in [-0.2, -0.15) is 18.4 Å². The highest BCUT2D eigenvalue weighted by atomic mass is 19.4. The minimum Gasteiger partial charge on any atom is -0.370 e. The number of likely N-dealkylation sites (tertiary alicyclic amines) is 1. The summed E-state index contributed by atoms with van der Waals surface area (Å²) in [7, 11) is 0. The highest BCUT2D eigenvalue weighted by Gasteiger charge is 2.45. The summed E-state index contributed by atoms with van der Waals surface area (Å²) in [6, 6.07) is 9.44. The van der Waals surface area contributed by atoms with Gasteiger partial charge in [0.15, 0.2) is 0 Å². The largest absolute Gasteiger partial charge is 0.393 e. The highest BCUT2D eigenvalue weighted by molar-refractivity contribution is 5.95. The summed E-state index contributed by atoms with van der Waals surface area (Å²) in [4.78, 5) is 21.4. The van der Waals surface area contributed by atoms with E-state index in [1.54, 1.807) is 35.4 Å². The maximum Gasteiger partial charge on any atom is 0.393 e. The number of rotatable bonds is 6. The van der Waals surface area contributed by atoms with Crippen molar-refractivity contribution < 1.29 is 18.0 Å². The van der Waals surface area contributed by atoms with Gasteiger partial charge in [0.05, 0.1) is 17.0 Å². The van der Waals surface area contributed by atoms with Crippen molar-refractivity contribution in [3.8, 4) is 6.07 Å². The minimum atomic E-state index is -4.33. The van der Waals surface area contributed by atoms with E-state index in [0.29, 0.717) is 47.1 Å². The van der Waals surface area contributed by atoms with Gasteiger partial charge >= 0.3 is 6.18 Å². The van der Waals surface area contributed by atoms with Gasteiger partial charge in [-0.3, -0.25) is 9.78 Å². The summed E-state index contributed by atoms with van der Waals surface area (Å²) in [6.45, 7) is 6.53. The molecule has 4 rings (SSSR count). The van der Waals surface area contributed by atoms with E-state index in [1.165, 1.54) is 0 Å². The molecule has 0 saturated carbocycles. The van der Waals surface area contributed by atoms with E-state index in [2.05, 4.69) is 29.8 Å². The molecule has 2 saturated heterocycles. The Morgan fingerprint density at radius 2 is 1.86 bits per heavy atom. The van der Waals surface area contributed by atoms with Crippen LogP contribution in [0.4, 0.5) is 18.9 Å². The quantitative estimate of drug-likeness (QED) is 0.533. The summed E-state index contributed by atoms with van der Waals surface area (Å²) in [5.74, 6) is -1.46. The Morgan fingerprint density at radius 1 is 1.14 bits per heavy atom. The van der Waals surface area contributed by atoms with E-state index in [1.807, 2.05) is 0 Å². The first-order valence-electron chi connectivity index (χ1n) is 12.5. The van der Waals surface area contributed by atoms with Crippen LogP contribution in [0.15, 0.2) is 30.5 Å². The molecule has 2 atom stereocenters. The van der Waals surface area contributed by atoms with Crippen LogP contribution in [0.25, 0.3) is 10.9 Å². The molecule has 2 aliphatic heterocycles. The lowest BCUT2D eigenvalue weighted by atomic mass is 9.82. The molecule has 0 N–H and O–H groups in total. The summed E-state index contributed by atoms with van der Waals surface area (Å²) >= 11 is 0. The Kier molecular flexibility index (Phi) is 7.65. The SMILES string of the molecule is CC(C)N1CCC(CC(=O)C[C@@H]2C[C@H](C(F)(F)F)CN(c3ccc(C#N)c4ncccc34)C2)CC1. The molecule has 0 radical (unpaired) electrons. The van der Waals surface area contributed by atoms with E-state index >= 15 is 0 Å². The standard InChI is InChI=1S/C27H33F3N4O/c1-18(2)33-10-7-19(8-11-33)13-23(35)14-20-12-22(27(28,29)30)17-34(16-20)25-6-5-21(15-31)26-24(25)4-3-9-32-26/h3-6,9,18-20,22H,7-8,10-14,16-17H2,1-2H3/t20-,22-/m0/s1. The number of fused-ring (bicyclic) bond motifs is 1. The van der Waals surface area contributed by atoms with Gasteiger partial charge < -0.3 is 9.80 Å². The van der Waals surface area contributed by atoms with E-state index in [4.69, 9.17) is 0 Å². The fraction of sp³-hybridized carbons (Fsp3) is 0.593. The molecule has 35 heavy (non-hydrogen) atoms. The zero-order chi connectivity index (χ0) is 25.2. The molecule has 1 aromatic heterocycles. The summed E-state index contributed by atoms with van der Waals surface area (Å²) < 4.78 is 41.6. The van der Waals surface area contributed by atoms with Gasteiger partial charge in [0.1, 0.15) is 11.9 Å². The fourth-order valence-electron chi connectivity index (χ4n) is 5.71. The number of benzene rings is 1. The number of alkyl halides is 3. The van der Waals surface area contributed by atoms with Gasteiger partial charge in [0.25, 0.3) is 0 Å². The summed E-state index contributed by atoms with van der Waals surface area (Å²) in [5, 5.41) is 10.1. The molecule has 0 bridgehead atoms. The third-order valence-electron chi connectivity index (χ3n) is 7.62. The van der Waals surface area contributed by atoms with Gasteiger partial charge in [0.2, 0.25) is 0 Å². The molecule has 2 fully saturated rings. The Balaban J connectivity index is 1.49.